The molecule has 7 nitrogen and oxygen atoms in total. The van der Waals surface area contributed by atoms with Gasteiger partial charge in [0.15, 0.2) is 0 Å². The molecule has 1 aliphatic rings. The second-order valence-electron chi connectivity index (χ2n) is 6.75. The zero-order valence-electron chi connectivity index (χ0n) is 15.6. The molecular formula is C19H23FN4O3S. The average molecular weight is 406 g/mol. The molecule has 1 atom stereocenters. The lowest BCUT2D eigenvalue weighted by atomic mass is 10.2. The van der Waals surface area contributed by atoms with Crippen molar-refractivity contribution < 1.29 is 17.6 Å². The molecule has 0 aliphatic carbocycles. The molecule has 1 aromatic carbocycles. The predicted octanol–water partition coefficient (Wildman–Crippen LogP) is 1.23. The number of hydrogen-bond donors (Lipinski definition) is 1. The van der Waals surface area contributed by atoms with Gasteiger partial charge in [0.25, 0.3) is 0 Å². The molecule has 9 heteroatoms. The number of carbonyl (C=O) groups is 1. The topological polar surface area (TPSA) is 82.6 Å². The van der Waals surface area contributed by atoms with Crippen molar-refractivity contribution in [2.75, 3.05) is 26.2 Å². The van der Waals surface area contributed by atoms with E-state index in [1.54, 1.807) is 17.3 Å². The van der Waals surface area contributed by atoms with Crippen LogP contribution in [-0.4, -0.2) is 61.3 Å². The predicted molar refractivity (Wildman–Crippen MR) is 102 cm³/mol. The minimum atomic E-state index is -3.89. The molecule has 0 saturated carbocycles. The second-order valence-corrected chi connectivity index (χ2v) is 8.47. The van der Waals surface area contributed by atoms with E-state index in [0.29, 0.717) is 26.2 Å². The van der Waals surface area contributed by atoms with E-state index in [1.807, 2.05) is 12.1 Å². The minimum Gasteiger partial charge on any atom is -0.339 e. The Morgan fingerprint density at radius 1 is 1.11 bits per heavy atom. The molecule has 28 heavy (non-hydrogen) atoms. The highest BCUT2D eigenvalue weighted by molar-refractivity contribution is 7.89. The van der Waals surface area contributed by atoms with Crippen molar-refractivity contribution in [1.82, 2.24) is 19.5 Å². The van der Waals surface area contributed by atoms with E-state index in [2.05, 4.69) is 14.6 Å². The smallest absolute Gasteiger partial charge is 0.241 e. The van der Waals surface area contributed by atoms with E-state index in [1.165, 1.54) is 19.1 Å². The van der Waals surface area contributed by atoms with Crippen molar-refractivity contribution in [1.29, 1.82) is 0 Å². The standard InChI is InChI=1S/C19H23FN4O3S/c1-15(22-28(26,27)18-4-2-17(20)3-5-18)19(25)24-12-10-23(11-13-24)14-16-6-8-21-9-7-16/h2-9,15,22H,10-14H2,1H3/t15-/m0/s1. The number of halogens is 1. The van der Waals surface area contributed by atoms with Crippen LogP contribution in [0, 0.1) is 5.82 Å². The summed E-state index contributed by atoms with van der Waals surface area (Å²) in [5.74, 6) is -0.790. The first-order valence-electron chi connectivity index (χ1n) is 9.03. The third-order valence-corrected chi connectivity index (χ3v) is 6.22. The Morgan fingerprint density at radius 2 is 1.71 bits per heavy atom. The third kappa shape index (κ3) is 5.12. The van der Waals surface area contributed by atoms with Crippen LogP contribution in [0.5, 0.6) is 0 Å². The maximum atomic E-state index is 13.0. The molecule has 0 bridgehead atoms. The molecule has 0 radical (unpaired) electrons. The van der Waals surface area contributed by atoms with Gasteiger partial charge in [-0.2, -0.15) is 4.72 Å². The van der Waals surface area contributed by atoms with Crippen LogP contribution in [0.2, 0.25) is 0 Å². The Hall–Kier alpha value is -2.36. The summed E-state index contributed by atoms with van der Waals surface area (Å²) in [6, 6.07) is 7.51. The van der Waals surface area contributed by atoms with Crippen LogP contribution in [0.25, 0.3) is 0 Å². The van der Waals surface area contributed by atoms with E-state index in [-0.39, 0.29) is 10.8 Å². The molecule has 1 N–H and O–H groups in total. The van der Waals surface area contributed by atoms with Crippen molar-refractivity contribution in [2.45, 2.75) is 24.4 Å². The number of benzene rings is 1. The van der Waals surface area contributed by atoms with Gasteiger partial charge in [-0.25, -0.2) is 12.8 Å². The van der Waals surface area contributed by atoms with Gasteiger partial charge in [0.05, 0.1) is 10.9 Å². The Kier molecular flexibility index (Phi) is 6.38. The summed E-state index contributed by atoms with van der Waals surface area (Å²) in [7, 11) is -3.89. The number of sulfonamides is 1. The lowest BCUT2D eigenvalue weighted by molar-refractivity contribution is -0.134. The Morgan fingerprint density at radius 3 is 2.32 bits per heavy atom. The highest BCUT2D eigenvalue weighted by atomic mass is 32.2. The van der Waals surface area contributed by atoms with E-state index in [4.69, 9.17) is 0 Å². The first kappa shape index (κ1) is 20.4. The van der Waals surface area contributed by atoms with Crippen LogP contribution in [0.4, 0.5) is 4.39 Å². The van der Waals surface area contributed by atoms with Gasteiger partial charge in [-0.05, 0) is 48.9 Å². The van der Waals surface area contributed by atoms with Gasteiger partial charge in [0.2, 0.25) is 15.9 Å². The zero-order valence-corrected chi connectivity index (χ0v) is 16.4. The van der Waals surface area contributed by atoms with Gasteiger partial charge < -0.3 is 4.90 Å². The Bertz CT molecular complexity index is 899. The summed E-state index contributed by atoms with van der Waals surface area (Å²) in [6.07, 6.45) is 3.51. The van der Waals surface area contributed by atoms with Crippen LogP contribution in [0.3, 0.4) is 0 Å². The van der Waals surface area contributed by atoms with Crippen LogP contribution < -0.4 is 4.72 Å². The van der Waals surface area contributed by atoms with E-state index < -0.39 is 21.9 Å². The molecule has 1 fully saturated rings. The number of carbonyl (C=O) groups excluding carboxylic acids is 1. The van der Waals surface area contributed by atoms with Crippen molar-refractivity contribution in [3.05, 3.63) is 60.2 Å². The molecule has 1 amide bonds. The number of rotatable bonds is 6. The van der Waals surface area contributed by atoms with E-state index >= 15 is 0 Å². The summed E-state index contributed by atoms with van der Waals surface area (Å²) in [6.45, 7) is 4.81. The van der Waals surface area contributed by atoms with Crippen LogP contribution in [0.1, 0.15) is 12.5 Å². The zero-order chi connectivity index (χ0) is 20.1. The number of amides is 1. The SMILES string of the molecule is C[C@H](NS(=O)(=O)c1ccc(F)cc1)C(=O)N1CCN(Cc2ccncc2)CC1. The molecule has 1 aliphatic heterocycles. The van der Waals surface area contributed by atoms with Gasteiger partial charge in [0.1, 0.15) is 5.82 Å². The first-order chi connectivity index (χ1) is 13.3. The number of pyridine rings is 1. The molecule has 0 unspecified atom stereocenters. The normalized spacial score (nSPS) is 16.7. The fraction of sp³-hybridized carbons (Fsp3) is 0.368. The number of hydrogen-bond acceptors (Lipinski definition) is 5. The number of aromatic nitrogens is 1. The van der Waals surface area contributed by atoms with Crippen LogP contribution in [0.15, 0.2) is 53.7 Å². The molecule has 1 saturated heterocycles. The fourth-order valence-electron chi connectivity index (χ4n) is 3.11. The summed E-state index contributed by atoms with van der Waals surface area (Å²) in [5, 5.41) is 0. The van der Waals surface area contributed by atoms with Crippen molar-refractivity contribution >= 4 is 15.9 Å². The number of nitrogens with zero attached hydrogens (tertiary/aromatic N) is 3. The lowest BCUT2D eigenvalue weighted by Crippen LogP contribution is -2.53. The monoisotopic (exact) mass is 406 g/mol. The average Bonchev–Trinajstić information content (AvgIpc) is 2.69. The van der Waals surface area contributed by atoms with Crippen LogP contribution >= 0.6 is 0 Å². The Balaban J connectivity index is 1.53. The molecule has 2 aromatic rings. The molecule has 2 heterocycles. The quantitative estimate of drug-likeness (QED) is 0.780. The summed E-state index contributed by atoms with van der Waals surface area (Å²) < 4.78 is 40.1. The maximum absolute atomic E-state index is 13.0. The first-order valence-corrected chi connectivity index (χ1v) is 10.5. The lowest BCUT2D eigenvalue weighted by Gasteiger charge is -2.36. The molecule has 150 valence electrons. The van der Waals surface area contributed by atoms with Crippen molar-refractivity contribution in [3.63, 3.8) is 0 Å². The molecule has 3 rings (SSSR count). The highest BCUT2D eigenvalue weighted by Gasteiger charge is 2.28. The van der Waals surface area contributed by atoms with Crippen LogP contribution in [-0.2, 0) is 21.4 Å². The Labute approximate surface area is 164 Å². The van der Waals surface area contributed by atoms with Gasteiger partial charge in [-0.3, -0.25) is 14.7 Å². The maximum Gasteiger partial charge on any atom is 0.241 e. The van der Waals surface area contributed by atoms with Gasteiger partial charge in [-0.15, -0.1) is 0 Å². The second kappa shape index (κ2) is 8.76. The number of nitrogens with one attached hydrogen (secondary N) is 1. The summed E-state index contributed by atoms with van der Waals surface area (Å²) in [5.41, 5.74) is 1.16. The van der Waals surface area contributed by atoms with Gasteiger partial charge in [-0.1, -0.05) is 0 Å². The van der Waals surface area contributed by atoms with Crippen molar-refractivity contribution in [2.24, 2.45) is 0 Å². The molecule has 0 spiro atoms. The third-order valence-electron chi connectivity index (χ3n) is 4.67. The summed E-state index contributed by atoms with van der Waals surface area (Å²) in [4.78, 5) is 20.5. The molecular weight excluding hydrogens is 383 g/mol. The molecule has 1 aromatic heterocycles. The van der Waals surface area contributed by atoms with Gasteiger partial charge >= 0.3 is 0 Å². The number of piperazine rings is 1. The fourth-order valence-corrected chi connectivity index (χ4v) is 4.31. The largest absolute Gasteiger partial charge is 0.339 e. The van der Waals surface area contributed by atoms with E-state index in [0.717, 1.165) is 24.2 Å². The van der Waals surface area contributed by atoms with Gasteiger partial charge in [0, 0.05) is 45.1 Å². The highest BCUT2D eigenvalue weighted by Crippen LogP contribution is 2.12. The van der Waals surface area contributed by atoms with Crippen molar-refractivity contribution in [3.8, 4) is 0 Å². The minimum absolute atomic E-state index is 0.0734. The van der Waals surface area contributed by atoms with E-state index in [9.17, 15) is 17.6 Å². The summed E-state index contributed by atoms with van der Waals surface area (Å²) >= 11 is 0.